The molecule has 8 rings (SSSR count). The van der Waals surface area contributed by atoms with Crippen LogP contribution in [0.25, 0.3) is 32.0 Å². The highest BCUT2D eigenvalue weighted by Crippen LogP contribution is 2.70. The Hall–Kier alpha value is -4.40. The lowest BCUT2D eigenvalue weighted by molar-refractivity contribution is -0.254. The van der Waals surface area contributed by atoms with E-state index in [4.69, 9.17) is 0 Å². The lowest BCUT2D eigenvalue weighted by Gasteiger charge is -2.37. The monoisotopic (exact) mass is 880 g/mol. The van der Waals surface area contributed by atoms with Crippen molar-refractivity contribution >= 4 is 33.8 Å². The third-order valence-corrected chi connectivity index (χ3v) is 15.4. The third-order valence-electron chi connectivity index (χ3n) is 12.8. The molecule has 0 saturated carbocycles. The SMILES string of the molecule is CC(C)(C)c1ccc(-c2cc3c(s2)C(c2ccc(C(C)(C)C)cc2)(c2ccc(C(C)(C)C)cc2)c2sc(-c4ccc(C(C)(C)C)cc4)cc2C2=C3C(F)(F)C(F)(F)C2(F)F)cc1. The van der Waals surface area contributed by atoms with E-state index in [9.17, 15) is 0 Å². The quantitative estimate of drug-likeness (QED) is 0.155. The molecule has 324 valence electrons. The molecule has 2 aromatic heterocycles. The van der Waals surface area contributed by atoms with Gasteiger partial charge >= 0.3 is 17.8 Å². The Labute approximate surface area is 370 Å². The van der Waals surface area contributed by atoms with E-state index in [1.807, 2.05) is 97.1 Å². The van der Waals surface area contributed by atoms with Gasteiger partial charge in [0.15, 0.2) is 0 Å². The Morgan fingerprint density at radius 1 is 0.371 bits per heavy atom. The molecule has 0 N–H and O–H groups in total. The second-order valence-corrected chi connectivity index (χ2v) is 23.3. The molecule has 0 saturated heterocycles. The van der Waals surface area contributed by atoms with Crippen molar-refractivity contribution in [1.29, 1.82) is 0 Å². The molecule has 0 spiro atoms. The minimum atomic E-state index is -5.70. The average Bonchev–Trinajstić information content (AvgIpc) is 3.82. The topological polar surface area (TPSA) is 0 Å². The van der Waals surface area contributed by atoms with E-state index in [-0.39, 0.29) is 42.5 Å². The number of alkyl halides is 6. The molecule has 0 fully saturated rings. The molecule has 0 bridgehead atoms. The molecule has 62 heavy (non-hydrogen) atoms. The number of benzene rings is 4. The summed E-state index contributed by atoms with van der Waals surface area (Å²) >= 11 is 2.41. The van der Waals surface area contributed by atoms with Gasteiger partial charge in [-0.1, -0.05) is 180 Å². The van der Waals surface area contributed by atoms with Crippen LogP contribution in [0.5, 0.6) is 0 Å². The zero-order chi connectivity index (χ0) is 45.4. The smallest absolute Gasteiger partial charge is 0.194 e. The van der Waals surface area contributed by atoms with E-state index >= 15 is 26.3 Å². The summed E-state index contributed by atoms with van der Waals surface area (Å²) in [5.41, 5.74) is 1.22. The molecule has 2 heterocycles. The van der Waals surface area contributed by atoms with Crippen LogP contribution in [0.15, 0.2) is 109 Å². The molecule has 4 aromatic carbocycles. The molecule has 0 aliphatic heterocycles. The standard InChI is InChI=1S/C54H54F6S2/c1-47(2,3)33-17-13-31(14-18-33)41-29-39-43-44(53(57,58)54(59,60)52(43,55)56)40-30-42(32-15-19-34(20-16-32)48(4,5)6)62-46(40)51(45(39)61-41,37-25-21-35(22-26-37)49(7,8)9)38-27-23-36(24-28-38)50(10,11)12/h13-30H,1-12H3. The van der Waals surface area contributed by atoms with Crippen molar-refractivity contribution in [3.63, 3.8) is 0 Å². The molecular formula is C54H54F6S2. The fourth-order valence-corrected chi connectivity index (χ4v) is 11.8. The van der Waals surface area contributed by atoms with Crippen molar-refractivity contribution < 1.29 is 26.3 Å². The molecule has 6 aromatic rings. The van der Waals surface area contributed by atoms with Crippen molar-refractivity contribution in [3.05, 3.63) is 163 Å². The van der Waals surface area contributed by atoms with E-state index in [1.165, 1.54) is 34.8 Å². The summed E-state index contributed by atoms with van der Waals surface area (Å²) in [5, 5.41) is 0. The highest BCUT2D eigenvalue weighted by atomic mass is 32.1. The van der Waals surface area contributed by atoms with Crippen LogP contribution in [0, 0.1) is 0 Å². The summed E-state index contributed by atoms with van der Waals surface area (Å²) in [6.07, 6.45) is 0. The molecule has 0 nitrogen and oxygen atoms in total. The molecule has 8 heteroatoms. The van der Waals surface area contributed by atoms with Crippen LogP contribution in [0.2, 0.25) is 0 Å². The van der Waals surface area contributed by atoms with Gasteiger partial charge in [-0.2, -0.15) is 26.3 Å². The number of halogens is 6. The first-order chi connectivity index (χ1) is 28.5. The summed E-state index contributed by atoms with van der Waals surface area (Å²) in [6, 6.07) is 34.2. The van der Waals surface area contributed by atoms with Crippen LogP contribution >= 0.6 is 22.7 Å². The van der Waals surface area contributed by atoms with E-state index in [1.54, 1.807) is 0 Å². The Kier molecular flexibility index (Phi) is 10.0. The number of hydrogen-bond donors (Lipinski definition) is 0. The van der Waals surface area contributed by atoms with E-state index in [0.29, 0.717) is 32.0 Å². The summed E-state index contributed by atoms with van der Waals surface area (Å²) < 4.78 is 100.0. The zero-order valence-corrected chi connectivity index (χ0v) is 39.1. The van der Waals surface area contributed by atoms with Crippen LogP contribution < -0.4 is 0 Å². The summed E-state index contributed by atoms with van der Waals surface area (Å²) in [7, 11) is 0. The van der Waals surface area contributed by atoms with Gasteiger partial charge in [-0.3, -0.25) is 0 Å². The average molecular weight is 881 g/mol. The van der Waals surface area contributed by atoms with Crippen LogP contribution in [0.1, 0.15) is 137 Å². The maximum absolute atomic E-state index is 16.9. The van der Waals surface area contributed by atoms with Crippen molar-refractivity contribution in [3.8, 4) is 20.9 Å². The fraction of sp³-hybridized carbons (Fsp3) is 0.370. The van der Waals surface area contributed by atoms with Crippen LogP contribution in [-0.2, 0) is 27.1 Å². The van der Waals surface area contributed by atoms with Crippen LogP contribution in [0.3, 0.4) is 0 Å². The number of fused-ring (bicyclic) bond motifs is 4. The minimum Gasteiger partial charge on any atom is -0.194 e. The number of thiophene rings is 2. The van der Waals surface area contributed by atoms with Gasteiger partial charge in [0.25, 0.3) is 0 Å². The van der Waals surface area contributed by atoms with Gasteiger partial charge in [-0.05, 0) is 78.3 Å². The minimum absolute atomic E-state index is 0.179. The Balaban J connectivity index is 1.56. The molecule has 0 atom stereocenters. The number of rotatable bonds is 4. The summed E-state index contributed by atoms with van der Waals surface area (Å²) in [6.45, 7) is 25.1. The summed E-state index contributed by atoms with van der Waals surface area (Å²) in [4.78, 5) is 1.60. The number of hydrogen-bond acceptors (Lipinski definition) is 2. The molecule has 2 aliphatic carbocycles. The lowest BCUT2D eigenvalue weighted by atomic mass is 9.69. The molecule has 0 amide bonds. The second-order valence-electron chi connectivity index (χ2n) is 21.2. The summed E-state index contributed by atoms with van der Waals surface area (Å²) in [5.74, 6) is -16.1. The molecule has 0 unspecified atom stereocenters. The highest BCUT2D eigenvalue weighted by Gasteiger charge is 2.81. The number of allylic oxidation sites excluding steroid dienone is 2. The highest BCUT2D eigenvalue weighted by molar-refractivity contribution is 7.18. The van der Waals surface area contributed by atoms with E-state index < -0.39 is 34.3 Å². The molecular weight excluding hydrogens is 827 g/mol. The van der Waals surface area contributed by atoms with Crippen molar-refractivity contribution in [2.45, 2.75) is 128 Å². The zero-order valence-electron chi connectivity index (χ0n) is 37.5. The third kappa shape index (κ3) is 6.67. The fourth-order valence-electron chi connectivity index (χ4n) is 8.93. The van der Waals surface area contributed by atoms with Crippen LogP contribution in [0.4, 0.5) is 26.3 Å². The second kappa shape index (κ2) is 14.0. The van der Waals surface area contributed by atoms with Gasteiger partial charge < -0.3 is 0 Å². The van der Waals surface area contributed by atoms with Gasteiger partial charge in [-0.25, -0.2) is 0 Å². The maximum atomic E-state index is 16.9. The van der Waals surface area contributed by atoms with Crippen LogP contribution in [-0.4, -0.2) is 17.8 Å². The van der Waals surface area contributed by atoms with Crippen molar-refractivity contribution in [2.75, 3.05) is 0 Å². The first-order valence-electron chi connectivity index (χ1n) is 21.1. The Bertz CT molecular complexity index is 2510. The van der Waals surface area contributed by atoms with Gasteiger partial charge in [0.2, 0.25) is 0 Å². The van der Waals surface area contributed by atoms with Crippen molar-refractivity contribution in [2.24, 2.45) is 0 Å². The maximum Gasteiger partial charge on any atom is 0.380 e. The first kappa shape index (κ1) is 44.2. The predicted molar refractivity (Wildman–Crippen MR) is 248 cm³/mol. The van der Waals surface area contributed by atoms with E-state index in [0.717, 1.165) is 22.3 Å². The van der Waals surface area contributed by atoms with Gasteiger partial charge in [0, 0.05) is 41.8 Å². The van der Waals surface area contributed by atoms with Gasteiger partial charge in [-0.15, -0.1) is 22.7 Å². The Morgan fingerprint density at radius 2 is 0.629 bits per heavy atom. The van der Waals surface area contributed by atoms with Gasteiger partial charge in [0.1, 0.15) is 0 Å². The predicted octanol–water partition coefficient (Wildman–Crippen LogP) is 16.9. The largest absolute Gasteiger partial charge is 0.380 e. The molecule has 0 radical (unpaired) electrons. The Morgan fingerprint density at radius 3 is 0.887 bits per heavy atom. The van der Waals surface area contributed by atoms with E-state index in [2.05, 4.69) is 83.1 Å². The normalized spacial score (nSPS) is 18.0. The van der Waals surface area contributed by atoms with Gasteiger partial charge in [0.05, 0.1) is 5.41 Å². The lowest BCUT2D eigenvalue weighted by Crippen LogP contribution is -2.49. The first-order valence-corrected chi connectivity index (χ1v) is 22.8. The molecule has 2 aliphatic rings. The van der Waals surface area contributed by atoms with Crippen molar-refractivity contribution in [1.82, 2.24) is 0 Å².